The van der Waals surface area contributed by atoms with Crippen LogP contribution in [0.4, 0.5) is 16.0 Å². The molecule has 246 valence electrons. The Morgan fingerprint density at radius 1 is 1.11 bits per heavy atom. The van der Waals surface area contributed by atoms with Crippen molar-refractivity contribution in [1.29, 1.82) is 5.26 Å². The lowest BCUT2D eigenvalue weighted by Crippen LogP contribution is -2.47. The number of halogens is 1. The molecule has 2 aliphatic heterocycles. The first kappa shape index (κ1) is 32.2. The third-order valence-electron chi connectivity index (χ3n) is 8.63. The number of hydrogen-bond acceptors (Lipinski definition) is 10. The molecular weight excluding hydrogens is 599 g/mol. The Morgan fingerprint density at radius 3 is 2.68 bits per heavy atom. The summed E-state index contributed by atoms with van der Waals surface area (Å²) in [5.41, 5.74) is 2.60. The van der Waals surface area contributed by atoms with E-state index in [-0.39, 0.29) is 30.0 Å². The molecule has 47 heavy (non-hydrogen) atoms. The van der Waals surface area contributed by atoms with Crippen LogP contribution >= 0.6 is 0 Å². The third-order valence-corrected chi connectivity index (χ3v) is 8.63. The van der Waals surface area contributed by atoms with Crippen molar-refractivity contribution in [2.24, 2.45) is 0 Å². The fourth-order valence-electron chi connectivity index (χ4n) is 6.06. The number of nitrogens with one attached hydrogen (secondary N) is 1. The zero-order chi connectivity index (χ0) is 32.8. The van der Waals surface area contributed by atoms with Gasteiger partial charge in [-0.05, 0) is 56.8 Å². The zero-order valence-electron chi connectivity index (χ0n) is 27.0. The van der Waals surface area contributed by atoms with E-state index in [1.807, 2.05) is 66.0 Å². The van der Waals surface area contributed by atoms with E-state index in [0.717, 1.165) is 50.4 Å². The van der Waals surface area contributed by atoms with Crippen LogP contribution in [0.15, 0.2) is 54.9 Å². The number of likely N-dealkylation sites (N-methyl/N-ethyl adjacent to an activating group) is 1. The van der Waals surface area contributed by atoms with Crippen LogP contribution in [0.2, 0.25) is 0 Å². The van der Waals surface area contributed by atoms with E-state index in [9.17, 15) is 4.79 Å². The van der Waals surface area contributed by atoms with Gasteiger partial charge in [-0.25, -0.2) is 15.0 Å². The SMILES string of the molecule is CN(C)CCOc1ccc(CN2CCN(c3nc(-c4cnc5ccccn45)nc(NC4CCCN(C(=O)CC#N)C4)c3F)CC2)cc1. The number of nitriles is 1. The first-order chi connectivity index (χ1) is 22.9. The lowest BCUT2D eigenvalue weighted by Gasteiger charge is -2.36. The Kier molecular flexibility index (Phi) is 10.1. The average molecular weight is 641 g/mol. The highest BCUT2D eigenvalue weighted by Crippen LogP contribution is 2.30. The van der Waals surface area contributed by atoms with E-state index in [1.165, 1.54) is 5.56 Å². The van der Waals surface area contributed by atoms with Crippen molar-refractivity contribution >= 4 is 23.2 Å². The molecule has 0 saturated carbocycles. The standard InChI is InChI=1S/C34H41FN10O2/c1-41(2)20-21-47-27-10-8-25(9-11-27)23-42-16-18-43(19-17-42)34-31(35)33(38-26-6-5-14-44(24-26)30(46)12-13-36)39-32(40-34)28-22-37-29-7-3-4-15-45(28)29/h3-4,7-11,15,22,26H,5-6,12,14,16-21,23-24H2,1-2H3,(H,38,39,40). The Morgan fingerprint density at radius 2 is 1.91 bits per heavy atom. The van der Waals surface area contributed by atoms with Crippen LogP contribution < -0.4 is 15.0 Å². The smallest absolute Gasteiger partial charge is 0.236 e. The molecule has 0 spiro atoms. The Labute approximate surface area is 274 Å². The second-order valence-electron chi connectivity index (χ2n) is 12.3. The molecule has 1 unspecified atom stereocenters. The molecule has 6 rings (SSSR count). The highest BCUT2D eigenvalue weighted by molar-refractivity contribution is 5.78. The summed E-state index contributed by atoms with van der Waals surface area (Å²) in [6.45, 7) is 5.96. The summed E-state index contributed by atoms with van der Waals surface area (Å²) in [5, 5.41) is 12.3. The zero-order valence-corrected chi connectivity index (χ0v) is 27.0. The van der Waals surface area contributed by atoms with Gasteiger partial charge in [0.25, 0.3) is 0 Å². The van der Waals surface area contributed by atoms with Gasteiger partial charge in [-0.15, -0.1) is 0 Å². The summed E-state index contributed by atoms with van der Waals surface area (Å²) < 4.78 is 24.1. The van der Waals surface area contributed by atoms with Gasteiger partial charge in [-0.1, -0.05) is 18.2 Å². The molecule has 3 aromatic heterocycles. The van der Waals surface area contributed by atoms with E-state index >= 15 is 4.39 Å². The van der Waals surface area contributed by atoms with Gasteiger partial charge in [0.05, 0.1) is 12.3 Å². The van der Waals surface area contributed by atoms with Crippen molar-refractivity contribution in [3.8, 4) is 23.3 Å². The predicted molar refractivity (Wildman–Crippen MR) is 178 cm³/mol. The van der Waals surface area contributed by atoms with Gasteiger partial charge in [0.15, 0.2) is 17.5 Å². The van der Waals surface area contributed by atoms with Crippen LogP contribution in [-0.2, 0) is 11.3 Å². The number of rotatable bonds is 11. The Hall–Kier alpha value is -4.80. The monoisotopic (exact) mass is 640 g/mol. The summed E-state index contributed by atoms with van der Waals surface area (Å²) in [5.74, 6) is 0.853. The molecule has 1 aromatic carbocycles. The molecule has 12 nitrogen and oxygen atoms in total. The number of pyridine rings is 1. The molecule has 0 radical (unpaired) electrons. The van der Waals surface area contributed by atoms with Crippen LogP contribution in [0.5, 0.6) is 5.75 Å². The van der Waals surface area contributed by atoms with E-state index < -0.39 is 5.82 Å². The number of carbonyl (C=O) groups is 1. The first-order valence-electron chi connectivity index (χ1n) is 16.1. The number of aromatic nitrogens is 4. The van der Waals surface area contributed by atoms with Crippen molar-refractivity contribution in [3.05, 3.63) is 66.2 Å². The van der Waals surface area contributed by atoms with Crippen molar-refractivity contribution in [2.75, 3.05) is 76.7 Å². The maximum atomic E-state index is 16.3. The Balaban J connectivity index is 1.18. The van der Waals surface area contributed by atoms with Gasteiger partial charge in [-0.2, -0.15) is 9.65 Å². The van der Waals surface area contributed by atoms with E-state index in [1.54, 1.807) is 11.1 Å². The van der Waals surface area contributed by atoms with Crippen LogP contribution in [0, 0.1) is 17.1 Å². The van der Waals surface area contributed by atoms with Crippen LogP contribution in [0.1, 0.15) is 24.8 Å². The normalized spacial score (nSPS) is 17.2. The molecule has 13 heteroatoms. The maximum Gasteiger partial charge on any atom is 0.236 e. The van der Waals surface area contributed by atoms with Gasteiger partial charge >= 0.3 is 0 Å². The van der Waals surface area contributed by atoms with Crippen molar-refractivity contribution < 1.29 is 13.9 Å². The molecule has 4 aromatic rings. The number of nitrogens with zero attached hydrogens (tertiary/aromatic N) is 9. The number of hydrogen-bond donors (Lipinski definition) is 1. The number of anilines is 2. The number of fused-ring (bicyclic) bond motifs is 1. The molecule has 0 aliphatic carbocycles. The molecule has 1 atom stereocenters. The average Bonchev–Trinajstić information content (AvgIpc) is 3.51. The molecule has 2 aliphatic rings. The summed E-state index contributed by atoms with van der Waals surface area (Å²) >= 11 is 0. The molecule has 0 bridgehead atoms. The Bertz CT molecular complexity index is 1710. The topological polar surface area (TPSA) is 118 Å². The van der Waals surface area contributed by atoms with Crippen molar-refractivity contribution in [2.45, 2.75) is 31.8 Å². The number of ether oxygens (including phenoxy) is 1. The molecular formula is C34H41FN10O2. The minimum atomic E-state index is -0.513. The van der Waals surface area contributed by atoms with Gasteiger partial charge in [-0.3, -0.25) is 14.1 Å². The van der Waals surface area contributed by atoms with Gasteiger partial charge in [0.1, 0.15) is 30.1 Å². The molecule has 1 amide bonds. The quantitative estimate of drug-likeness (QED) is 0.261. The number of benzene rings is 1. The number of piperidine rings is 1. The largest absolute Gasteiger partial charge is 0.492 e. The summed E-state index contributed by atoms with van der Waals surface area (Å²) in [4.78, 5) is 34.4. The van der Waals surface area contributed by atoms with Crippen molar-refractivity contribution in [3.63, 3.8) is 0 Å². The number of carbonyl (C=O) groups excluding carboxylic acids is 1. The fourth-order valence-corrected chi connectivity index (χ4v) is 6.06. The lowest BCUT2D eigenvalue weighted by molar-refractivity contribution is -0.131. The molecule has 2 fully saturated rings. The summed E-state index contributed by atoms with van der Waals surface area (Å²) in [6.07, 6.45) is 4.93. The molecule has 2 saturated heterocycles. The van der Waals surface area contributed by atoms with Crippen LogP contribution in [-0.4, -0.2) is 113 Å². The summed E-state index contributed by atoms with van der Waals surface area (Å²) in [7, 11) is 4.05. The number of amides is 1. The number of likely N-dealkylation sites (tertiary alicyclic amines) is 1. The van der Waals surface area contributed by atoms with Gasteiger partial charge < -0.3 is 24.8 Å². The maximum absolute atomic E-state index is 16.3. The number of imidazole rings is 1. The molecule has 5 heterocycles. The van der Waals surface area contributed by atoms with E-state index in [0.29, 0.717) is 44.3 Å². The summed E-state index contributed by atoms with van der Waals surface area (Å²) in [6, 6.07) is 15.7. The van der Waals surface area contributed by atoms with Crippen LogP contribution in [0.3, 0.4) is 0 Å². The van der Waals surface area contributed by atoms with Crippen LogP contribution in [0.25, 0.3) is 17.2 Å². The van der Waals surface area contributed by atoms with E-state index in [4.69, 9.17) is 15.0 Å². The van der Waals surface area contributed by atoms with Crippen molar-refractivity contribution in [1.82, 2.24) is 34.1 Å². The highest BCUT2D eigenvalue weighted by atomic mass is 19.1. The minimum absolute atomic E-state index is 0.103. The third kappa shape index (κ3) is 7.78. The fraction of sp³-hybridized carbons (Fsp3) is 0.441. The minimum Gasteiger partial charge on any atom is -0.492 e. The highest BCUT2D eigenvalue weighted by Gasteiger charge is 2.29. The second kappa shape index (κ2) is 14.7. The number of piperazine rings is 1. The van der Waals surface area contributed by atoms with Gasteiger partial charge in [0, 0.05) is 64.6 Å². The molecule has 1 N–H and O–H groups in total. The first-order valence-corrected chi connectivity index (χ1v) is 16.1. The van der Waals surface area contributed by atoms with E-state index in [2.05, 4.69) is 37.2 Å². The lowest BCUT2D eigenvalue weighted by atomic mass is 10.1. The second-order valence-corrected chi connectivity index (χ2v) is 12.3. The van der Waals surface area contributed by atoms with Gasteiger partial charge in [0.2, 0.25) is 11.7 Å². The predicted octanol–water partition coefficient (Wildman–Crippen LogP) is 3.51.